The quantitative estimate of drug-likeness (QED) is 0.679. The number of hydrogen-bond acceptors (Lipinski definition) is 4. The summed E-state index contributed by atoms with van der Waals surface area (Å²) in [6.45, 7) is 3.14. The lowest BCUT2D eigenvalue weighted by Crippen LogP contribution is -2.50. The minimum Gasteiger partial charge on any atom is -0.381 e. The van der Waals surface area contributed by atoms with Gasteiger partial charge in [-0.1, -0.05) is 15.9 Å². The summed E-state index contributed by atoms with van der Waals surface area (Å²) in [5.74, 6) is -0.436. The molecule has 0 aliphatic carbocycles. The molecule has 2 amide bonds. The van der Waals surface area contributed by atoms with Crippen LogP contribution in [0.25, 0.3) is 0 Å². The van der Waals surface area contributed by atoms with E-state index in [0.29, 0.717) is 26.1 Å². The molecule has 4 N–H and O–H groups in total. The van der Waals surface area contributed by atoms with Crippen LogP contribution in [0.2, 0.25) is 0 Å². The summed E-state index contributed by atoms with van der Waals surface area (Å²) in [7, 11) is 0. The van der Waals surface area contributed by atoms with Crippen LogP contribution in [-0.4, -0.2) is 38.1 Å². The van der Waals surface area contributed by atoms with Gasteiger partial charge in [-0.2, -0.15) is 0 Å². The van der Waals surface area contributed by atoms with E-state index in [1.54, 1.807) is 0 Å². The largest absolute Gasteiger partial charge is 0.381 e. The standard InChI is InChI=1S/C16H22BrN3O3.ClH/c1-11-8-12(17)2-3-13(11)20-14(21)9-19-15(22)16(10-18)4-6-23-7-5-16;/h2-3,8H,4-7,9-10,18H2,1H3,(H,19,22)(H,20,21);1H. The van der Waals surface area contributed by atoms with E-state index < -0.39 is 5.41 Å². The lowest BCUT2D eigenvalue weighted by molar-refractivity contribution is -0.137. The van der Waals surface area contributed by atoms with Crippen molar-refractivity contribution in [2.45, 2.75) is 19.8 Å². The maximum absolute atomic E-state index is 12.4. The second kappa shape index (κ2) is 9.36. The number of hydrogen-bond donors (Lipinski definition) is 3. The summed E-state index contributed by atoms with van der Waals surface area (Å²) in [6.07, 6.45) is 1.17. The number of nitrogens with two attached hydrogens (primary N) is 1. The Morgan fingerprint density at radius 2 is 2.00 bits per heavy atom. The van der Waals surface area contributed by atoms with Crippen LogP contribution < -0.4 is 16.4 Å². The fourth-order valence-electron chi connectivity index (χ4n) is 2.60. The van der Waals surface area contributed by atoms with Gasteiger partial charge in [-0.05, 0) is 43.5 Å². The number of anilines is 1. The van der Waals surface area contributed by atoms with Crippen LogP contribution in [0.1, 0.15) is 18.4 Å². The summed E-state index contributed by atoms with van der Waals surface area (Å²) in [5, 5.41) is 5.50. The van der Waals surface area contributed by atoms with Crippen molar-refractivity contribution in [2.24, 2.45) is 11.1 Å². The minimum absolute atomic E-state index is 0. The third-order valence-electron chi connectivity index (χ3n) is 4.19. The summed E-state index contributed by atoms with van der Waals surface area (Å²) in [5.41, 5.74) is 6.84. The van der Waals surface area contributed by atoms with Crippen LogP contribution in [0.5, 0.6) is 0 Å². The lowest BCUT2D eigenvalue weighted by Gasteiger charge is -2.34. The summed E-state index contributed by atoms with van der Waals surface area (Å²) in [4.78, 5) is 24.4. The van der Waals surface area contributed by atoms with Gasteiger partial charge in [0.25, 0.3) is 0 Å². The van der Waals surface area contributed by atoms with Crippen LogP contribution in [0, 0.1) is 12.3 Å². The van der Waals surface area contributed by atoms with Crippen LogP contribution in [0.4, 0.5) is 5.69 Å². The van der Waals surface area contributed by atoms with Gasteiger partial charge in [0.15, 0.2) is 0 Å². The third-order valence-corrected chi connectivity index (χ3v) is 4.69. The van der Waals surface area contributed by atoms with Gasteiger partial charge in [0, 0.05) is 29.9 Å². The van der Waals surface area contributed by atoms with Gasteiger partial charge >= 0.3 is 0 Å². The molecule has 1 saturated heterocycles. The Hall–Kier alpha value is -1.15. The highest BCUT2D eigenvalue weighted by Gasteiger charge is 2.38. The van der Waals surface area contributed by atoms with Crippen LogP contribution in [0.15, 0.2) is 22.7 Å². The Labute approximate surface area is 156 Å². The van der Waals surface area contributed by atoms with Crippen molar-refractivity contribution < 1.29 is 14.3 Å². The molecule has 1 aromatic carbocycles. The van der Waals surface area contributed by atoms with Gasteiger partial charge in [0.2, 0.25) is 11.8 Å². The molecule has 1 aromatic rings. The van der Waals surface area contributed by atoms with E-state index in [2.05, 4.69) is 26.6 Å². The first-order valence-corrected chi connectivity index (χ1v) is 8.38. The second-order valence-electron chi connectivity index (χ2n) is 5.79. The molecule has 0 saturated carbocycles. The predicted molar refractivity (Wildman–Crippen MR) is 99.3 cm³/mol. The fraction of sp³-hybridized carbons (Fsp3) is 0.500. The minimum atomic E-state index is -0.619. The van der Waals surface area contributed by atoms with Crippen molar-refractivity contribution in [3.63, 3.8) is 0 Å². The summed E-state index contributed by atoms with van der Waals surface area (Å²) in [6, 6.07) is 5.59. The number of amides is 2. The number of carbonyl (C=O) groups is 2. The van der Waals surface area contributed by atoms with E-state index in [1.165, 1.54) is 0 Å². The topological polar surface area (TPSA) is 93.5 Å². The van der Waals surface area contributed by atoms with Crippen molar-refractivity contribution >= 4 is 45.8 Å². The monoisotopic (exact) mass is 419 g/mol. The fourth-order valence-corrected chi connectivity index (χ4v) is 3.07. The first kappa shape index (κ1) is 20.9. The zero-order valence-corrected chi connectivity index (χ0v) is 16.0. The van der Waals surface area contributed by atoms with E-state index in [1.807, 2.05) is 25.1 Å². The van der Waals surface area contributed by atoms with Crippen molar-refractivity contribution in [1.82, 2.24) is 5.32 Å². The maximum Gasteiger partial charge on any atom is 0.243 e. The molecule has 134 valence electrons. The Bertz CT molecular complexity index is 592. The Balaban J connectivity index is 0.00000288. The Morgan fingerprint density at radius 1 is 1.33 bits per heavy atom. The van der Waals surface area contributed by atoms with Crippen molar-refractivity contribution in [1.29, 1.82) is 0 Å². The molecule has 0 bridgehead atoms. The van der Waals surface area contributed by atoms with E-state index in [9.17, 15) is 9.59 Å². The van der Waals surface area contributed by atoms with Gasteiger partial charge in [-0.3, -0.25) is 9.59 Å². The van der Waals surface area contributed by atoms with E-state index in [-0.39, 0.29) is 37.3 Å². The van der Waals surface area contributed by atoms with Gasteiger partial charge in [-0.15, -0.1) is 12.4 Å². The molecular weight excluding hydrogens is 398 g/mol. The average molecular weight is 421 g/mol. The number of ether oxygens (including phenoxy) is 1. The second-order valence-corrected chi connectivity index (χ2v) is 6.70. The molecular formula is C16H23BrClN3O3. The number of carbonyl (C=O) groups excluding carboxylic acids is 2. The summed E-state index contributed by atoms with van der Waals surface area (Å²) >= 11 is 3.38. The molecule has 0 aromatic heterocycles. The maximum atomic E-state index is 12.4. The molecule has 1 heterocycles. The zero-order chi connectivity index (χ0) is 16.9. The van der Waals surface area contributed by atoms with Crippen molar-refractivity contribution in [2.75, 3.05) is 31.6 Å². The highest BCUT2D eigenvalue weighted by molar-refractivity contribution is 9.10. The number of halogens is 2. The smallest absolute Gasteiger partial charge is 0.243 e. The molecule has 6 nitrogen and oxygen atoms in total. The van der Waals surface area contributed by atoms with Crippen molar-refractivity contribution in [3.05, 3.63) is 28.2 Å². The molecule has 0 unspecified atom stereocenters. The molecule has 8 heteroatoms. The lowest BCUT2D eigenvalue weighted by atomic mass is 9.79. The molecule has 0 spiro atoms. The SMILES string of the molecule is Cc1cc(Br)ccc1NC(=O)CNC(=O)C1(CN)CCOCC1.Cl. The Kier molecular flexibility index (Phi) is 8.15. The van der Waals surface area contributed by atoms with Crippen LogP contribution >= 0.6 is 28.3 Å². The average Bonchev–Trinajstić information content (AvgIpc) is 2.55. The molecule has 0 atom stereocenters. The molecule has 0 radical (unpaired) electrons. The number of benzene rings is 1. The third kappa shape index (κ3) is 5.17. The van der Waals surface area contributed by atoms with Gasteiger partial charge in [-0.25, -0.2) is 0 Å². The first-order valence-electron chi connectivity index (χ1n) is 7.59. The molecule has 2 rings (SSSR count). The number of aryl methyl sites for hydroxylation is 1. The van der Waals surface area contributed by atoms with Gasteiger partial charge in [0.1, 0.15) is 0 Å². The normalized spacial score (nSPS) is 16.0. The molecule has 1 fully saturated rings. The number of nitrogens with one attached hydrogen (secondary N) is 2. The molecule has 1 aliphatic heterocycles. The van der Waals surface area contributed by atoms with E-state index in [0.717, 1.165) is 15.7 Å². The highest BCUT2D eigenvalue weighted by atomic mass is 79.9. The van der Waals surface area contributed by atoms with Gasteiger partial charge in [0.05, 0.1) is 12.0 Å². The summed E-state index contributed by atoms with van der Waals surface area (Å²) < 4.78 is 6.24. The van der Waals surface area contributed by atoms with Crippen LogP contribution in [0.3, 0.4) is 0 Å². The molecule has 24 heavy (non-hydrogen) atoms. The molecule has 1 aliphatic rings. The first-order chi connectivity index (χ1) is 11.0. The van der Waals surface area contributed by atoms with E-state index in [4.69, 9.17) is 10.5 Å². The van der Waals surface area contributed by atoms with Crippen LogP contribution in [-0.2, 0) is 14.3 Å². The zero-order valence-electron chi connectivity index (χ0n) is 13.6. The Morgan fingerprint density at radius 3 is 2.58 bits per heavy atom. The van der Waals surface area contributed by atoms with E-state index >= 15 is 0 Å². The highest BCUT2D eigenvalue weighted by Crippen LogP contribution is 2.29. The number of rotatable bonds is 5. The predicted octanol–water partition coefficient (Wildman–Crippen LogP) is 1.99. The van der Waals surface area contributed by atoms with Crippen molar-refractivity contribution in [3.8, 4) is 0 Å². The van der Waals surface area contributed by atoms with Gasteiger partial charge < -0.3 is 21.1 Å².